The summed E-state index contributed by atoms with van der Waals surface area (Å²) in [7, 11) is 0. The molecule has 3 aromatic rings. The van der Waals surface area contributed by atoms with Crippen molar-refractivity contribution in [2.24, 2.45) is 11.8 Å². The number of amides is 1. The van der Waals surface area contributed by atoms with E-state index in [4.69, 9.17) is 0 Å². The smallest absolute Gasteiger partial charge is 0.272 e. The molecule has 2 N–H and O–H groups in total. The minimum absolute atomic E-state index is 0.0540. The number of carbonyl (C=O) groups excluding carboxylic acids is 2. The van der Waals surface area contributed by atoms with Crippen LogP contribution >= 0.6 is 0 Å². The van der Waals surface area contributed by atoms with Crippen molar-refractivity contribution in [3.05, 3.63) is 75.5 Å². The third-order valence-corrected chi connectivity index (χ3v) is 9.76. The number of nitrogens with one attached hydrogen (secondary N) is 2. The summed E-state index contributed by atoms with van der Waals surface area (Å²) in [4.78, 5) is 44.6. The van der Waals surface area contributed by atoms with E-state index in [2.05, 4.69) is 20.4 Å². The van der Waals surface area contributed by atoms with E-state index in [1.165, 1.54) is 38.2 Å². The van der Waals surface area contributed by atoms with Crippen LogP contribution in [0.2, 0.25) is 0 Å². The van der Waals surface area contributed by atoms with E-state index in [0.29, 0.717) is 50.2 Å². The number of piperazine rings is 1. The molecule has 9 nitrogen and oxygen atoms in total. The molecule has 1 aromatic heterocycles. The molecular formula is C34H43FN6O3. The van der Waals surface area contributed by atoms with E-state index in [0.717, 1.165) is 49.0 Å². The lowest BCUT2D eigenvalue weighted by Gasteiger charge is -2.37. The number of fused-ring (bicyclic) bond motifs is 1. The summed E-state index contributed by atoms with van der Waals surface area (Å²) in [5.74, 6) is 0.979. The molecular weight excluding hydrogens is 559 g/mol. The average Bonchev–Trinajstić information content (AvgIpc) is 3.05. The number of likely N-dealkylation sites (tertiary alicyclic amines) is 1. The van der Waals surface area contributed by atoms with Gasteiger partial charge in [0, 0.05) is 38.0 Å². The molecule has 44 heavy (non-hydrogen) atoms. The number of nitrogens with zero attached hydrogens (tertiary/aromatic N) is 4. The lowest BCUT2D eigenvalue weighted by atomic mass is 9.83. The average molecular weight is 603 g/mol. The van der Waals surface area contributed by atoms with Gasteiger partial charge >= 0.3 is 0 Å². The van der Waals surface area contributed by atoms with Crippen LogP contribution in [-0.4, -0.2) is 102 Å². The first-order valence-corrected chi connectivity index (χ1v) is 16.1. The van der Waals surface area contributed by atoms with Crippen molar-refractivity contribution in [1.29, 1.82) is 0 Å². The number of rotatable bonds is 9. The van der Waals surface area contributed by atoms with Crippen molar-refractivity contribution >= 4 is 22.5 Å². The van der Waals surface area contributed by atoms with E-state index in [9.17, 15) is 18.8 Å². The molecule has 3 saturated heterocycles. The number of halogens is 1. The molecule has 1 amide bonds. The van der Waals surface area contributed by atoms with Gasteiger partial charge in [0.2, 0.25) is 5.91 Å². The first kappa shape index (κ1) is 30.6. The van der Waals surface area contributed by atoms with Crippen LogP contribution in [0.3, 0.4) is 0 Å². The van der Waals surface area contributed by atoms with E-state index in [-0.39, 0.29) is 29.4 Å². The van der Waals surface area contributed by atoms with Crippen molar-refractivity contribution in [3.8, 4) is 0 Å². The predicted octanol–water partition coefficient (Wildman–Crippen LogP) is 3.08. The Morgan fingerprint density at radius 2 is 1.52 bits per heavy atom. The Kier molecular flexibility index (Phi) is 9.79. The molecule has 0 spiro atoms. The van der Waals surface area contributed by atoms with Crippen LogP contribution in [0.1, 0.15) is 53.7 Å². The minimum atomic E-state index is -0.550. The fourth-order valence-electron chi connectivity index (χ4n) is 7.10. The van der Waals surface area contributed by atoms with E-state index in [1.54, 1.807) is 24.3 Å². The topological polar surface area (TPSA) is 102 Å². The molecule has 0 atom stereocenters. The molecule has 6 rings (SSSR count). The van der Waals surface area contributed by atoms with Crippen LogP contribution < -0.4 is 10.9 Å². The van der Waals surface area contributed by atoms with Gasteiger partial charge in [-0.2, -0.15) is 5.10 Å². The van der Waals surface area contributed by atoms with Gasteiger partial charge in [0.1, 0.15) is 5.82 Å². The van der Waals surface area contributed by atoms with Gasteiger partial charge < -0.3 is 10.2 Å². The highest BCUT2D eigenvalue weighted by Gasteiger charge is 2.28. The maximum Gasteiger partial charge on any atom is 0.272 e. The first-order chi connectivity index (χ1) is 21.4. The number of ketones is 1. The highest BCUT2D eigenvalue weighted by molar-refractivity contribution is 5.98. The number of piperidine rings is 2. The van der Waals surface area contributed by atoms with Gasteiger partial charge in [-0.1, -0.05) is 24.3 Å². The highest BCUT2D eigenvalue weighted by atomic mass is 19.1. The first-order valence-electron chi connectivity index (χ1n) is 16.1. The van der Waals surface area contributed by atoms with Crippen LogP contribution in [0.4, 0.5) is 4.39 Å². The molecule has 0 radical (unpaired) electrons. The molecule has 0 aliphatic carbocycles. The summed E-state index contributed by atoms with van der Waals surface area (Å²) in [5.41, 5.74) is 1.19. The molecule has 0 bridgehead atoms. The van der Waals surface area contributed by atoms with Crippen LogP contribution in [0, 0.1) is 17.7 Å². The zero-order valence-corrected chi connectivity index (χ0v) is 25.4. The van der Waals surface area contributed by atoms with E-state index in [1.807, 2.05) is 21.9 Å². The monoisotopic (exact) mass is 602 g/mol. The summed E-state index contributed by atoms with van der Waals surface area (Å²) in [6.07, 6.45) is 6.65. The third kappa shape index (κ3) is 7.42. The maximum atomic E-state index is 14.8. The van der Waals surface area contributed by atoms with Gasteiger partial charge in [-0.15, -0.1) is 0 Å². The Morgan fingerprint density at radius 3 is 2.27 bits per heavy atom. The Morgan fingerprint density at radius 1 is 0.841 bits per heavy atom. The molecule has 3 fully saturated rings. The molecule has 234 valence electrons. The predicted molar refractivity (Wildman–Crippen MR) is 168 cm³/mol. The number of carbonyl (C=O) groups is 2. The number of H-pyrrole nitrogens is 1. The molecule has 0 saturated carbocycles. The number of Topliss-reactive ketones (excluding diaryl/α,β-unsaturated/α-hetero) is 1. The van der Waals surface area contributed by atoms with E-state index >= 15 is 0 Å². The Hall–Kier alpha value is -3.47. The van der Waals surface area contributed by atoms with Crippen molar-refractivity contribution in [3.63, 3.8) is 0 Å². The van der Waals surface area contributed by atoms with Crippen LogP contribution in [0.5, 0.6) is 0 Å². The van der Waals surface area contributed by atoms with Crippen molar-refractivity contribution in [1.82, 2.24) is 30.2 Å². The van der Waals surface area contributed by atoms with Gasteiger partial charge in [0.15, 0.2) is 5.78 Å². The highest BCUT2D eigenvalue weighted by Crippen LogP contribution is 2.28. The molecule has 2 aromatic carbocycles. The van der Waals surface area contributed by atoms with E-state index < -0.39 is 5.82 Å². The van der Waals surface area contributed by atoms with Crippen molar-refractivity contribution in [2.75, 3.05) is 65.4 Å². The normalized spacial score (nSPS) is 19.4. The van der Waals surface area contributed by atoms with Gasteiger partial charge in [0.05, 0.1) is 29.7 Å². The van der Waals surface area contributed by atoms with Crippen molar-refractivity contribution < 1.29 is 14.0 Å². The molecule has 3 aliphatic heterocycles. The Balaban J connectivity index is 0.971. The van der Waals surface area contributed by atoms with Crippen LogP contribution in [0.15, 0.2) is 47.3 Å². The zero-order chi connectivity index (χ0) is 30.5. The van der Waals surface area contributed by atoms with Gasteiger partial charge in [-0.25, -0.2) is 9.49 Å². The summed E-state index contributed by atoms with van der Waals surface area (Å²) >= 11 is 0. The van der Waals surface area contributed by atoms with Gasteiger partial charge in [0.25, 0.3) is 5.56 Å². The second-order valence-electron chi connectivity index (χ2n) is 12.8. The largest absolute Gasteiger partial charge is 0.339 e. The summed E-state index contributed by atoms with van der Waals surface area (Å²) in [5, 5.41) is 11.5. The fraction of sp³-hybridized carbons (Fsp3) is 0.529. The summed E-state index contributed by atoms with van der Waals surface area (Å²) in [6, 6.07) is 11.8. The summed E-state index contributed by atoms with van der Waals surface area (Å²) < 4.78 is 14.8. The number of benzene rings is 2. The second-order valence-corrected chi connectivity index (χ2v) is 12.8. The number of aromatic nitrogens is 2. The van der Waals surface area contributed by atoms with Crippen LogP contribution in [0.25, 0.3) is 10.8 Å². The summed E-state index contributed by atoms with van der Waals surface area (Å²) in [6.45, 7) is 7.19. The Labute approximate surface area is 257 Å². The molecule has 4 heterocycles. The standard InChI is InChI=1S/C34H43FN6O3/c35-30-6-5-26(21-31-27-3-1-2-4-28(27)34(44)38-37-31)20-29(30)32(42)22-40-15-17-41(18-16-40)33(43)23-39-13-9-25(10-14-39)19-24-7-11-36-12-8-24/h1-6,20,24-25,36H,7-19,21-23H2,(H,38,44). The van der Waals surface area contributed by atoms with Crippen LogP contribution in [-0.2, 0) is 11.2 Å². The quantitative estimate of drug-likeness (QED) is 0.363. The fourth-order valence-corrected chi connectivity index (χ4v) is 7.10. The van der Waals surface area contributed by atoms with Crippen molar-refractivity contribution in [2.45, 2.75) is 38.5 Å². The van der Waals surface area contributed by atoms with Gasteiger partial charge in [-0.05, 0) is 93.9 Å². The minimum Gasteiger partial charge on any atom is -0.339 e. The lowest BCUT2D eigenvalue weighted by molar-refractivity contribution is -0.134. The number of aromatic amines is 1. The maximum absolute atomic E-state index is 14.8. The second kappa shape index (κ2) is 14.1. The van der Waals surface area contributed by atoms with Gasteiger partial charge in [-0.3, -0.25) is 24.2 Å². The molecule has 0 unspecified atom stereocenters. The molecule has 3 aliphatic rings. The lowest BCUT2D eigenvalue weighted by Crippen LogP contribution is -2.52. The SMILES string of the molecule is O=C(CN1CCN(C(=O)CN2CCC(CC3CCNCC3)CC2)CC1)c1cc(Cc2n[nH]c(=O)c3ccccc23)ccc1F. The zero-order valence-electron chi connectivity index (χ0n) is 25.4. The number of hydrogen-bond acceptors (Lipinski definition) is 7. The molecule has 10 heteroatoms. The Bertz CT molecular complexity index is 1520. The third-order valence-electron chi connectivity index (χ3n) is 9.76. The number of hydrogen-bond donors (Lipinski definition) is 2.